The fraction of sp³-hybridized carbons (Fsp3) is 0.231. The molecule has 1 N–H and O–H groups in total. The van der Waals surface area contributed by atoms with Gasteiger partial charge in [-0.2, -0.15) is 0 Å². The van der Waals surface area contributed by atoms with Crippen LogP contribution >= 0.6 is 23.2 Å². The highest BCUT2D eigenvalue weighted by molar-refractivity contribution is 6.32. The maximum absolute atomic E-state index is 12.9. The minimum Gasteiger partial charge on any atom is -0.489 e. The second kappa shape index (κ2) is 9.66. The second-order valence-corrected chi connectivity index (χ2v) is 9.19. The molecule has 0 bridgehead atoms. The first-order valence-corrected chi connectivity index (χ1v) is 11.8. The summed E-state index contributed by atoms with van der Waals surface area (Å²) in [5, 5.41) is 11.9. The Hall–Kier alpha value is -3.06. The molecular weight excluding hydrogens is 473 g/mol. The zero-order valence-electron chi connectivity index (χ0n) is 18.3. The summed E-state index contributed by atoms with van der Waals surface area (Å²) in [6.07, 6.45) is -0.449. The van der Waals surface area contributed by atoms with Gasteiger partial charge in [0, 0.05) is 29.6 Å². The number of imidazole rings is 1. The van der Waals surface area contributed by atoms with Gasteiger partial charge < -0.3 is 19.3 Å². The number of rotatable bonds is 7. The van der Waals surface area contributed by atoms with E-state index in [-0.39, 0.29) is 25.0 Å². The molecule has 174 valence electrons. The number of benzene rings is 3. The molecule has 3 aromatic carbocycles. The Balaban J connectivity index is 1.38. The average molecular weight is 496 g/mol. The summed E-state index contributed by atoms with van der Waals surface area (Å²) in [5.74, 6) is 1.24. The van der Waals surface area contributed by atoms with Crippen LogP contribution in [0.1, 0.15) is 18.2 Å². The summed E-state index contributed by atoms with van der Waals surface area (Å²) in [4.78, 5) is 19.5. The summed E-state index contributed by atoms with van der Waals surface area (Å²) in [6, 6.07) is 22.2. The van der Waals surface area contributed by atoms with Gasteiger partial charge in [0.05, 0.1) is 22.6 Å². The topological polar surface area (TPSA) is 67.6 Å². The maximum Gasteiger partial charge on any atom is 0.227 e. The number of hydrogen-bond acceptors (Lipinski definition) is 4. The molecule has 1 aromatic heterocycles. The maximum atomic E-state index is 12.9. The van der Waals surface area contributed by atoms with Crippen molar-refractivity contribution in [2.24, 2.45) is 0 Å². The van der Waals surface area contributed by atoms with Crippen LogP contribution in [0.3, 0.4) is 0 Å². The number of hydrogen-bond donors (Lipinski definition) is 1. The molecular formula is C26H23Cl2N3O3. The van der Waals surface area contributed by atoms with Crippen LogP contribution in [0.25, 0.3) is 11.0 Å². The number of nitrogens with zero attached hydrogens (tertiary/aromatic N) is 3. The van der Waals surface area contributed by atoms with E-state index < -0.39 is 6.10 Å². The van der Waals surface area contributed by atoms with E-state index in [0.29, 0.717) is 28.8 Å². The van der Waals surface area contributed by atoms with Crippen LogP contribution in [0.4, 0.5) is 5.69 Å². The molecule has 1 saturated heterocycles. The Morgan fingerprint density at radius 1 is 1.03 bits per heavy atom. The van der Waals surface area contributed by atoms with Gasteiger partial charge in [-0.15, -0.1) is 0 Å². The number of aromatic nitrogens is 2. The lowest BCUT2D eigenvalue weighted by molar-refractivity contribution is -0.117. The first kappa shape index (κ1) is 22.7. The molecule has 0 radical (unpaired) electrons. The van der Waals surface area contributed by atoms with Crippen molar-refractivity contribution in [1.29, 1.82) is 0 Å². The third-order valence-electron chi connectivity index (χ3n) is 5.97. The quantitative estimate of drug-likeness (QED) is 0.377. The zero-order valence-corrected chi connectivity index (χ0v) is 19.8. The first-order chi connectivity index (χ1) is 16.5. The van der Waals surface area contributed by atoms with Crippen LogP contribution in [-0.4, -0.2) is 39.8 Å². The molecule has 0 spiro atoms. The standard InChI is InChI=1S/C26H23Cl2N3O3/c27-18-9-11-19(12-10-18)30-14-17(13-25(30)33)26-29-22-6-2-3-7-23(22)31(26)15-20(32)16-34-24-8-4-1-5-21(24)28/h1-12,17,20,32H,13-16H2. The van der Waals surface area contributed by atoms with Crippen LogP contribution in [-0.2, 0) is 11.3 Å². The van der Waals surface area contributed by atoms with E-state index >= 15 is 0 Å². The number of aliphatic hydroxyl groups excluding tert-OH is 1. The van der Waals surface area contributed by atoms with E-state index in [9.17, 15) is 9.90 Å². The number of amides is 1. The highest BCUT2D eigenvalue weighted by atomic mass is 35.5. The van der Waals surface area contributed by atoms with Gasteiger partial charge in [0.25, 0.3) is 0 Å². The number of fused-ring (bicyclic) bond motifs is 1. The van der Waals surface area contributed by atoms with Crippen molar-refractivity contribution in [2.75, 3.05) is 18.1 Å². The Morgan fingerprint density at radius 3 is 2.56 bits per heavy atom. The number of para-hydroxylation sites is 3. The van der Waals surface area contributed by atoms with Gasteiger partial charge in [-0.3, -0.25) is 4.79 Å². The molecule has 2 heterocycles. The van der Waals surface area contributed by atoms with Crippen LogP contribution in [0, 0.1) is 0 Å². The van der Waals surface area contributed by atoms with Gasteiger partial charge in [0.2, 0.25) is 5.91 Å². The SMILES string of the molecule is O=C1CC(c2nc3ccccc3n2CC(O)COc2ccccc2Cl)CN1c1ccc(Cl)cc1. The van der Waals surface area contributed by atoms with Crippen LogP contribution in [0.2, 0.25) is 10.0 Å². The monoisotopic (exact) mass is 495 g/mol. The van der Waals surface area contributed by atoms with Gasteiger partial charge >= 0.3 is 0 Å². The number of anilines is 1. The van der Waals surface area contributed by atoms with Crippen LogP contribution in [0.5, 0.6) is 5.75 Å². The van der Waals surface area contributed by atoms with Crippen molar-refractivity contribution in [3.05, 3.63) is 88.7 Å². The lowest BCUT2D eigenvalue weighted by Crippen LogP contribution is -2.26. The summed E-state index contributed by atoms with van der Waals surface area (Å²) < 4.78 is 7.74. The fourth-order valence-electron chi connectivity index (χ4n) is 4.36. The smallest absolute Gasteiger partial charge is 0.227 e. The molecule has 1 aliphatic rings. The minimum absolute atomic E-state index is 0.0357. The predicted molar refractivity (Wildman–Crippen MR) is 134 cm³/mol. The summed E-state index contributed by atoms with van der Waals surface area (Å²) in [6.45, 7) is 0.873. The molecule has 5 rings (SSSR count). The highest BCUT2D eigenvalue weighted by Crippen LogP contribution is 2.34. The molecule has 1 fully saturated rings. The second-order valence-electron chi connectivity index (χ2n) is 8.35. The molecule has 2 atom stereocenters. The lowest BCUT2D eigenvalue weighted by Gasteiger charge is -2.19. The van der Waals surface area contributed by atoms with E-state index in [0.717, 1.165) is 22.5 Å². The molecule has 1 aliphatic heterocycles. The normalized spacial score (nSPS) is 16.9. The number of halogens is 2. The van der Waals surface area contributed by atoms with Gasteiger partial charge in [-0.1, -0.05) is 47.5 Å². The number of aliphatic hydroxyl groups is 1. The predicted octanol–water partition coefficient (Wildman–Crippen LogP) is 5.30. The van der Waals surface area contributed by atoms with Crippen molar-refractivity contribution in [2.45, 2.75) is 25.0 Å². The van der Waals surface area contributed by atoms with Crippen molar-refractivity contribution < 1.29 is 14.6 Å². The minimum atomic E-state index is -0.794. The zero-order chi connectivity index (χ0) is 23.7. The Morgan fingerprint density at radius 2 is 1.76 bits per heavy atom. The molecule has 8 heteroatoms. The van der Waals surface area contributed by atoms with Gasteiger partial charge in [-0.25, -0.2) is 4.98 Å². The van der Waals surface area contributed by atoms with E-state index in [2.05, 4.69) is 0 Å². The molecule has 4 aromatic rings. The average Bonchev–Trinajstić information content (AvgIpc) is 3.40. The van der Waals surface area contributed by atoms with E-state index in [1.165, 1.54) is 0 Å². The molecule has 1 amide bonds. The Kier molecular flexibility index (Phi) is 6.46. The van der Waals surface area contributed by atoms with E-state index in [4.69, 9.17) is 32.9 Å². The van der Waals surface area contributed by atoms with Crippen molar-refractivity contribution in [3.63, 3.8) is 0 Å². The van der Waals surface area contributed by atoms with Crippen molar-refractivity contribution >= 4 is 45.8 Å². The number of carbonyl (C=O) groups excluding carboxylic acids is 1. The summed E-state index contributed by atoms with van der Waals surface area (Å²) in [5.41, 5.74) is 2.55. The fourth-order valence-corrected chi connectivity index (χ4v) is 4.68. The highest BCUT2D eigenvalue weighted by Gasteiger charge is 2.35. The largest absolute Gasteiger partial charge is 0.489 e. The Bertz CT molecular complexity index is 1320. The third-order valence-corrected chi connectivity index (χ3v) is 6.54. The first-order valence-electron chi connectivity index (χ1n) is 11.1. The number of ether oxygens (including phenoxy) is 1. The molecule has 0 saturated carbocycles. The van der Waals surface area contributed by atoms with Gasteiger partial charge in [0.1, 0.15) is 24.3 Å². The molecule has 0 aliphatic carbocycles. The Labute approximate surface area is 207 Å². The molecule has 2 unspecified atom stereocenters. The van der Waals surface area contributed by atoms with Crippen molar-refractivity contribution in [1.82, 2.24) is 9.55 Å². The van der Waals surface area contributed by atoms with E-state index in [1.54, 1.807) is 29.2 Å². The molecule has 34 heavy (non-hydrogen) atoms. The summed E-state index contributed by atoms with van der Waals surface area (Å²) in [7, 11) is 0. The van der Waals surface area contributed by atoms with Crippen LogP contribution < -0.4 is 9.64 Å². The number of carbonyl (C=O) groups is 1. The van der Waals surface area contributed by atoms with Crippen LogP contribution in [0.15, 0.2) is 72.8 Å². The third kappa shape index (κ3) is 4.62. The van der Waals surface area contributed by atoms with Gasteiger partial charge in [-0.05, 0) is 48.5 Å². The van der Waals surface area contributed by atoms with Gasteiger partial charge in [0.15, 0.2) is 0 Å². The lowest BCUT2D eigenvalue weighted by atomic mass is 10.1. The van der Waals surface area contributed by atoms with Crippen molar-refractivity contribution in [3.8, 4) is 5.75 Å². The summed E-state index contributed by atoms with van der Waals surface area (Å²) >= 11 is 12.2. The molecule has 6 nitrogen and oxygen atoms in total. The van der Waals surface area contributed by atoms with E-state index in [1.807, 2.05) is 53.1 Å².